The lowest BCUT2D eigenvalue weighted by Crippen LogP contribution is -2.28. The average molecular weight is 301 g/mol. The van der Waals surface area contributed by atoms with Crippen LogP contribution in [0.4, 0.5) is 0 Å². The molecule has 2 aromatic heterocycles. The van der Waals surface area contributed by atoms with E-state index in [1.54, 1.807) is 6.20 Å². The van der Waals surface area contributed by atoms with Crippen molar-refractivity contribution in [1.29, 1.82) is 0 Å². The smallest absolute Gasteiger partial charge is 0.180 e. The topological polar surface area (TPSA) is 50.7 Å². The molecule has 0 aromatic carbocycles. The van der Waals surface area contributed by atoms with Crippen LogP contribution in [0.25, 0.3) is 11.5 Å². The summed E-state index contributed by atoms with van der Waals surface area (Å²) in [6.45, 7) is 1.86. The molecule has 1 aliphatic heterocycles. The van der Waals surface area contributed by atoms with Gasteiger partial charge in [0, 0.05) is 37.2 Å². The highest BCUT2D eigenvalue weighted by Crippen LogP contribution is 2.39. The normalized spacial score (nSPS) is 18.1. The van der Waals surface area contributed by atoms with E-state index in [2.05, 4.69) is 10.3 Å². The number of aromatic nitrogens is 3. The molecular weight excluding hydrogens is 284 g/mol. The van der Waals surface area contributed by atoms with Crippen LogP contribution in [0.15, 0.2) is 18.3 Å². The molecule has 0 spiro atoms. The zero-order chi connectivity index (χ0) is 14.2. The Hall–Kier alpha value is -1.52. The summed E-state index contributed by atoms with van der Waals surface area (Å²) < 4.78 is 0. The maximum atomic E-state index is 6.27. The number of hydrogen-bond donors (Lipinski definition) is 1. The van der Waals surface area contributed by atoms with E-state index in [4.69, 9.17) is 21.6 Å². The predicted octanol–water partition coefficient (Wildman–Crippen LogP) is 3.11. The number of fused-ring (bicyclic) bond motifs is 1. The first kappa shape index (κ1) is 13.2. The maximum Gasteiger partial charge on any atom is 0.180 e. The van der Waals surface area contributed by atoms with Crippen molar-refractivity contribution in [3.63, 3.8) is 0 Å². The fourth-order valence-electron chi connectivity index (χ4n) is 3.04. The van der Waals surface area contributed by atoms with Crippen molar-refractivity contribution in [2.45, 2.75) is 38.1 Å². The Bertz CT molecular complexity index is 682. The van der Waals surface area contributed by atoms with Gasteiger partial charge in [-0.25, -0.2) is 9.97 Å². The maximum absolute atomic E-state index is 6.27. The van der Waals surface area contributed by atoms with E-state index in [9.17, 15) is 0 Å². The molecule has 2 aromatic rings. The largest absolute Gasteiger partial charge is 0.312 e. The Morgan fingerprint density at radius 3 is 2.90 bits per heavy atom. The van der Waals surface area contributed by atoms with Gasteiger partial charge >= 0.3 is 0 Å². The van der Waals surface area contributed by atoms with Gasteiger partial charge in [-0.15, -0.1) is 0 Å². The van der Waals surface area contributed by atoms with Crippen LogP contribution < -0.4 is 5.32 Å². The minimum absolute atomic E-state index is 0.586. The van der Waals surface area contributed by atoms with Gasteiger partial charge in [-0.05, 0) is 25.0 Å². The molecule has 4 nitrogen and oxygen atoms in total. The quantitative estimate of drug-likeness (QED) is 0.926. The highest BCUT2D eigenvalue weighted by atomic mass is 35.5. The van der Waals surface area contributed by atoms with E-state index < -0.39 is 0 Å². The second-order valence-corrected chi connectivity index (χ2v) is 6.15. The second-order valence-electron chi connectivity index (χ2n) is 5.75. The third-order valence-electron chi connectivity index (χ3n) is 4.43. The van der Waals surface area contributed by atoms with E-state index in [1.165, 1.54) is 36.2 Å². The van der Waals surface area contributed by atoms with E-state index in [0.717, 1.165) is 19.5 Å². The van der Waals surface area contributed by atoms with E-state index in [0.29, 0.717) is 22.5 Å². The highest BCUT2D eigenvalue weighted by molar-refractivity contribution is 6.32. The van der Waals surface area contributed by atoms with Crippen LogP contribution in [0.3, 0.4) is 0 Å². The monoisotopic (exact) mass is 300 g/mol. The first-order chi connectivity index (χ1) is 10.3. The zero-order valence-corrected chi connectivity index (χ0v) is 12.5. The van der Waals surface area contributed by atoms with Crippen molar-refractivity contribution >= 4 is 11.6 Å². The summed E-state index contributed by atoms with van der Waals surface area (Å²) in [6, 6.07) is 3.68. The fraction of sp³-hybridized carbons (Fsp3) is 0.438. The summed E-state index contributed by atoms with van der Waals surface area (Å²) in [7, 11) is 0. The lowest BCUT2D eigenvalue weighted by molar-refractivity contribution is 0.404. The SMILES string of the molecule is Clc1cccnc1-c1nc2c(c(C3CCC3)n1)CNCC2. The molecule has 2 aliphatic rings. The summed E-state index contributed by atoms with van der Waals surface area (Å²) >= 11 is 6.27. The number of pyridine rings is 1. The lowest BCUT2D eigenvalue weighted by atomic mass is 9.80. The van der Waals surface area contributed by atoms with E-state index in [1.807, 2.05) is 12.1 Å². The number of nitrogens with zero attached hydrogens (tertiary/aromatic N) is 3. The molecule has 0 radical (unpaired) electrons. The third kappa shape index (κ3) is 2.32. The van der Waals surface area contributed by atoms with Gasteiger partial charge in [-0.2, -0.15) is 0 Å². The molecular formula is C16H17ClN4. The molecule has 1 N–H and O–H groups in total. The van der Waals surface area contributed by atoms with Crippen molar-refractivity contribution in [2.24, 2.45) is 0 Å². The summed E-state index contributed by atoms with van der Waals surface area (Å²) in [5.41, 5.74) is 4.39. The number of rotatable bonds is 2. The molecule has 0 bridgehead atoms. The minimum Gasteiger partial charge on any atom is -0.312 e. The summed E-state index contributed by atoms with van der Waals surface area (Å²) in [4.78, 5) is 14.0. The first-order valence-corrected chi connectivity index (χ1v) is 7.92. The summed E-state index contributed by atoms with van der Waals surface area (Å²) in [5, 5.41) is 4.05. The molecule has 21 heavy (non-hydrogen) atoms. The van der Waals surface area contributed by atoms with Crippen LogP contribution in [0, 0.1) is 0 Å². The van der Waals surface area contributed by atoms with E-state index in [-0.39, 0.29) is 0 Å². The first-order valence-electron chi connectivity index (χ1n) is 7.54. The third-order valence-corrected chi connectivity index (χ3v) is 4.73. The van der Waals surface area contributed by atoms with Gasteiger partial charge in [0.25, 0.3) is 0 Å². The van der Waals surface area contributed by atoms with Crippen LogP contribution in [-0.4, -0.2) is 21.5 Å². The summed E-state index contributed by atoms with van der Waals surface area (Å²) in [6.07, 6.45) is 6.47. The molecule has 1 saturated carbocycles. The van der Waals surface area contributed by atoms with Gasteiger partial charge in [0.05, 0.1) is 16.4 Å². The molecule has 3 heterocycles. The lowest BCUT2D eigenvalue weighted by Gasteiger charge is -2.29. The van der Waals surface area contributed by atoms with Crippen LogP contribution in [0.1, 0.15) is 42.1 Å². The van der Waals surface area contributed by atoms with Crippen molar-refractivity contribution < 1.29 is 0 Å². The van der Waals surface area contributed by atoms with Crippen LogP contribution in [-0.2, 0) is 13.0 Å². The van der Waals surface area contributed by atoms with E-state index >= 15 is 0 Å². The Balaban J connectivity index is 1.86. The van der Waals surface area contributed by atoms with Crippen LogP contribution >= 0.6 is 11.6 Å². The van der Waals surface area contributed by atoms with Gasteiger partial charge < -0.3 is 5.32 Å². The van der Waals surface area contributed by atoms with Crippen molar-refractivity contribution in [2.75, 3.05) is 6.54 Å². The summed E-state index contributed by atoms with van der Waals surface area (Å²) in [5.74, 6) is 1.27. The van der Waals surface area contributed by atoms with Crippen molar-refractivity contribution in [3.05, 3.63) is 40.3 Å². The standard InChI is InChI=1S/C16H17ClN4/c17-12-5-2-7-19-15(12)16-20-13-6-8-18-9-11(13)14(21-16)10-3-1-4-10/h2,5,7,10,18H,1,3-4,6,8-9H2. The average Bonchev–Trinajstić information content (AvgIpc) is 2.46. The van der Waals surface area contributed by atoms with Crippen LogP contribution in [0.2, 0.25) is 5.02 Å². The van der Waals surface area contributed by atoms with Gasteiger partial charge in [-0.1, -0.05) is 18.0 Å². The Morgan fingerprint density at radius 2 is 2.14 bits per heavy atom. The Labute approximate surface area is 129 Å². The van der Waals surface area contributed by atoms with Crippen LogP contribution in [0.5, 0.6) is 0 Å². The van der Waals surface area contributed by atoms with Gasteiger partial charge in [0.15, 0.2) is 5.82 Å². The molecule has 0 amide bonds. The molecule has 108 valence electrons. The van der Waals surface area contributed by atoms with Crippen molar-refractivity contribution in [1.82, 2.24) is 20.3 Å². The predicted molar refractivity (Wildman–Crippen MR) is 82.3 cm³/mol. The minimum atomic E-state index is 0.586. The molecule has 5 heteroatoms. The molecule has 4 rings (SSSR count). The molecule has 0 saturated heterocycles. The second kappa shape index (κ2) is 5.35. The van der Waals surface area contributed by atoms with Crippen molar-refractivity contribution in [3.8, 4) is 11.5 Å². The fourth-order valence-corrected chi connectivity index (χ4v) is 3.25. The number of hydrogen-bond acceptors (Lipinski definition) is 4. The van der Waals surface area contributed by atoms with Gasteiger partial charge in [-0.3, -0.25) is 4.98 Å². The number of nitrogens with one attached hydrogen (secondary N) is 1. The molecule has 1 aliphatic carbocycles. The highest BCUT2D eigenvalue weighted by Gasteiger charge is 2.28. The molecule has 1 fully saturated rings. The Morgan fingerprint density at radius 1 is 1.24 bits per heavy atom. The molecule has 0 unspecified atom stereocenters. The van der Waals surface area contributed by atoms with Gasteiger partial charge in [0.1, 0.15) is 5.69 Å². The van der Waals surface area contributed by atoms with Gasteiger partial charge in [0.2, 0.25) is 0 Å². The zero-order valence-electron chi connectivity index (χ0n) is 11.8. The molecule has 0 atom stereocenters. The Kier molecular flexibility index (Phi) is 3.36. The number of halogens is 1.